The van der Waals surface area contributed by atoms with E-state index in [9.17, 15) is 37.9 Å². The van der Waals surface area contributed by atoms with Crippen LogP contribution in [0, 0.1) is 0 Å². The Bertz CT molecular complexity index is 1060. The molecule has 0 aliphatic carbocycles. The van der Waals surface area contributed by atoms with Crippen molar-refractivity contribution in [2.24, 2.45) is 0 Å². The summed E-state index contributed by atoms with van der Waals surface area (Å²) in [5.41, 5.74) is 0. The monoisotopic (exact) mass is 748 g/mol. The van der Waals surface area contributed by atoms with Gasteiger partial charge in [0.05, 0.1) is 6.61 Å². The molecule has 12 nitrogen and oxygen atoms in total. The molecule has 0 bridgehead atoms. The van der Waals surface area contributed by atoms with Crippen molar-refractivity contribution in [2.75, 3.05) is 19.0 Å². The van der Waals surface area contributed by atoms with Gasteiger partial charge in [-0.15, -0.1) is 0 Å². The summed E-state index contributed by atoms with van der Waals surface area (Å²) in [6, 6.07) is 0. The van der Waals surface area contributed by atoms with E-state index in [1.54, 1.807) is 0 Å². The average molecular weight is 749 g/mol. The van der Waals surface area contributed by atoms with Crippen LogP contribution < -0.4 is 0 Å². The molecule has 0 saturated carbocycles. The van der Waals surface area contributed by atoms with Gasteiger partial charge in [-0.3, -0.25) is 14.1 Å². The lowest BCUT2D eigenvalue weighted by Gasteiger charge is -2.40. The standard InChI is InChI=1S/C38H68O12S/c1-3-5-7-9-11-13-15-16-17-19-21-23-25-27-34(40)49-31(28-47-33(39)26-24-22-20-18-14-12-10-8-6-4-2)29-48-38-37(43)36(42)35(41)32(50-38)30-51(44,45)46/h8,10,13,15,31-32,35-38,41-43H,3-7,9,11-12,14,16-30H2,1-2H3,(H,44,45,46)/b10-8-,15-13-. The highest BCUT2D eigenvalue weighted by Gasteiger charge is 2.46. The third kappa shape index (κ3) is 24.9. The Morgan fingerprint density at radius 1 is 0.647 bits per heavy atom. The average Bonchev–Trinajstić information content (AvgIpc) is 3.09. The van der Waals surface area contributed by atoms with Crippen molar-refractivity contribution in [3.63, 3.8) is 0 Å². The minimum atomic E-state index is -4.60. The second-order valence-corrected chi connectivity index (χ2v) is 15.1. The highest BCUT2D eigenvalue weighted by molar-refractivity contribution is 7.85. The van der Waals surface area contributed by atoms with E-state index in [-0.39, 0.29) is 19.4 Å². The van der Waals surface area contributed by atoms with Gasteiger partial charge in [0.2, 0.25) is 0 Å². The first-order valence-corrected chi connectivity index (χ1v) is 21.0. The van der Waals surface area contributed by atoms with Crippen LogP contribution in [0.2, 0.25) is 0 Å². The number of carbonyl (C=O) groups is 2. The second-order valence-electron chi connectivity index (χ2n) is 13.6. The van der Waals surface area contributed by atoms with Crippen LogP contribution in [-0.2, 0) is 38.7 Å². The van der Waals surface area contributed by atoms with E-state index < -0.39 is 71.2 Å². The number of hydrogen-bond donors (Lipinski definition) is 4. The van der Waals surface area contributed by atoms with Crippen molar-refractivity contribution in [2.45, 2.75) is 185 Å². The Morgan fingerprint density at radius 2 is 1.16 bits per heavy atom. The highest BCUT2D eigenvalue weighted by Crippen LogP contribution is 2.24. The molecule has 1 aliphatic rings. The maximum absolute atomic E-state index is 12.7. The van der Waals surface area contributed by atoms with E-state index >= 15 is 0 Å². The minimum Gasteiger partial charge on any atom is -0.462 e. The zero-order chi connectivity index (χ0) is 37.7. The zero-order valence-electron chi connectivity index (χ0n) is 31.2. The van der Waals surface area contributed by atoms with Gasteiger partial charge in [0.1, 0.15) is 36.8 Å². The van der Waals surface area contributed by atoms with Crippen LogP contribution in [0.4, 0.5) is 0 Å². The number of aliphatic hydroxyl groups is 3. The zero-order valence-corrected chi connectivity index (χ0v) is 32.0. The molecule has 13 heteroatoms. The van der Waals surface area contributed by atoms with Gasteiger partial charge in [-0.2, -0.15) is 8.42 Å². The summed E-state index contributed by atoms with van der Waals surface area (Å²) in [6.45, 7) is 3.63. The fourth-order valence-electron chi connectivity index (χ4n) is 5.67. The van der Waals surface area contributed by atoms with Crippen molar-refractivity contribution in [1.29, 1.82) is 0 Å². The van der Waals surface area contributed by atoms with Gasteiger partial charge in [0.25, 0.3) is 10.1 Å². The summed E-state index contributed by atoms with van der Waals surface area (Å²) < 4.78 is 53.7. The molecule has 0 amide bonds. The number of rotatable bonds is 31. The SMILES string of the molecule is CCC/C=C\CCCCCCCC(=O)OCC(COC1OC(CS(=O)(=O)O)C(O)C(O)C1O)OC(=O)CCCCCCC/C=C\CCCCCC. The van der Waals surface area contributed by atoms with E-state index in [1.165, 1.54) is 25.7 Å². The smallest absolute Gasteiger partial charge is 0.306 e. The molecular formula is C38H68O12S. The van der Waals surface area contributed by atoms with Crippen LogP contribution in [0.15, 0.2) is 24.3 Å². The molecule has 1 rings (SSSR count). The Hall–Kier alpha value is -1.87. The number of unbranched alkanes of at least 4 members (excludes halogenated alkanes) is 15. The number of hydrogen-bond acceptors (Lipinski definition) is 11. The van der Waals surface area contributed by atoms with Gasteiger partial charge in [-0.1, -0.05) is 102 Å². The molecule has 51 heavy (non-hydrogen) atoms. The van der Waals surface area contributed by atoms with E-state index in [2.05, 4.69) is 38.2 Å². The molecular weight excluding hydrogens is 680 g/mol. The molecule has 4 N–H and O–H groups in total. The number of ether oxygens (including phenoxy) is 4. The largest absolute Gasteiger partial charge is 0.462 e. The van der Waals surface area contributed by atoms with Gasteiger partial charge in [0, 0.05) is 12.8 Å². The van der Waals surface area contributed by atoms with Crippen LogP contribution in [0.5, 0.6) is 0 Å². The predicted molar refractivity (Wildman–Crippen MR) is 196 cm³/mol. The maximum Gasteiger partial charge on any atom is 0.306 e. The fourth-order valence-corrected chi connectivity index (χ4v) is 6.36. The Balaban J connectivity index is 2.54. The molecule has 6 atom stereocenters. The van der Waals surface area contributed by atoms with Gasteiger partial charge >= 0.3 is 11.9 Å². The van der Waals surface area contributed by atoms with Gasteiger partial charge in [-0.25, -0.2) is 0 Å². The van der Waals surface area contributed by atoms with Crippen molar-refractivity contribution >= 4 is 22.1 Å². The summed E-state index contributed by atoms with van der Waals surface area (Å²) in [7, 11) is -4.60. The molecule has 298 valence electrons. The Kier molecular flexibility index (Phi) is 27.3. The Morgan fingerprint density at radius 3 is 1.71 bits per heavy atom. The summed E-state index contributed by atoms with van der Waals surface area (Å²) in [5.74, 6) is -2.01. The minimum absolute atomic E-state index is 0.153. The van der Waals surface area contributed by atoms with Gasteiger partial charge in [0.15, 0.2) is 12.4 Å². The van der Waals surface area contributed by atoms with Crippen molar-refractivity contribution in [3.8, 4) is 0 Å². The first-order valence-electron chi connectivity index (χ1n) is 19.4. The fraction of sp³-hybridized carbons (Fsp3) is 0.842. The third-order valence-corrected chi connectivity index (χ3v) is 9.48. The lowest BCUT2D eigenvalue weighted by molar-refractivity contribution is -0.297. The molecule has 0 aromatic rings. The quantitative estimate of drug-likeness (QED) is 0.0262. The second kappa shape index (κ2) is 29.6. The highest BCUT2D eigenvalue weighted by atomic mass is 32.2. The van der Waals surface area contributed by atoms with E-state index in [0.29, 0.717) is 12.8 Å². The van der Waals surface area contributed by atoms with E-state index in [4.69, 9.17) is 18.9 Å². The number of esters is 2. The maximum atomic E-state index is 12.7. The molecule has 1 saturated heterocycles. The number of carbonyl (C=O) groups excluding carboxylic acids is 2. The molecule has 1 fully saturated rings. The van der Waals surface area contributed by atoms with E-state index in [1.807, 2.05) is 0 Å². The lowest BCUT2D eigenvalue weighted by Crippen LogP contribution is -2.60. The van der Waals surface area contributed by atoms with Crippen molar-refractivity contribution in [3.05, 3.63) is 24.3 Å². The molecule has 0 radical (unpaired) electrons. The van der Waals surface area contributed by atoms with E-state index in [0.717, 1.165) is 83.5 Å². The summed E-state index contributed by atoms with van der Waals surface area (Å²) in [5, 5.41) is 30.7. The number of aliphatic hydroxyl groups excluding tert-OH is 3. The Labute approximate surface area is 307 Å². The topological polar surface area (TPSA) is 186 Å². The molecule has 0 aromatic carbocycles. The molecule has 0 aromatic heterocycles. The first kappa shape index (κ1) is 47.2. The van der Waals surface area contributed by atoms with Crippen LogP contribution in [0.3, 0.4) is 0 Å². The molecule has 1 aliphatic heterocycles. The summed E-state index contributed by atoms with van der Waals surface area (Å²) in [6.07, 6.45) is 19.6. The van der Waals surface area contributed by atoms with Gasteiger partial charge < -0.3 is 34.3 Å². The lowest BCUT2D eigenvalue weighted by atomic mass is 10.00. The van der Waals surface area contributed by atoms with Gasteiger partial charge in [-0.05, 0) is 57.8 Å². The summed E-state index contributed by atoms with van der Waals surface area (Å²) >= 11 is 0. The summed E-state index contributed by atoms with van der Waals surface area (Å²) in [4.78, 5) is 25.2. The van der Waals surface area contributed by atoms with Crippen LogP contribution in [-0.4, -0.2) is 96.0 Å². The first-order chi connectivity index (χ1) is 24.5. The van der Waals surface area contributed by atoms with Crippen LogP contribution >= 0.6 is 0 Å². The predicted octanol–water partition coefficient (Wildman–Crippen LogP) is 6.50. The third-order valence-electron chi connectivity index (χ3n) is 8.73. The van der Waals surface area contributed by atoms with Crippen LogP contribution in [0.1, 0.15) is 149 Å². The normalized spacial score (nSPS) is 21.7. The molecule has 0 spiro atoms. The van der Waals surface area contributed by atoms with Crippen molar-refractivity contribution in [1.82, 2.24) is 0 Å². The van der Waals surface area contributed by atoms with Crippen molar-refractivity contribution < 1.29 is 56.8 Å². The molecule has 6 unspecified atom stereocenters. The molecule has 1 heterocycles. The van der Waals surface area contributed by atoms with Crippen LogP contribution in [0.25, 0.3) is 0 Å². The number of allylic oxidation sites excluding steroid dienone is 4.